The zero-order valence-corrected chi connectivity index (χ0v) is 12.6. The van der Waals surface area contributed by atoms with Crippen molar-refractivity contribution in [1.82, 2.24) is 0 Å². The molecule has 0 unspecified atom stereocenters. The first-order valence-corrected chi connectivity index (χ1v) is 7.15. The van der Waals surface area contributed by atoms with E-state index in [0.29, 0.717) is 5.75 Å². The molecule has 0 radical (unpaired) electrons. The Labute approximate surface area is 134 Å². The van der Waals surface area contributed by atoms with Crippen LogP contribution in [0.5, 0.6) is 5.75 Å². The summed E-state index contributed by atoms with van der Waals surface area (Å²) in [6.45, 7) is 0. The topological polar surface area (TPSA) is 47.9 Å². The van der Waals surface area contributed by atoms with Crippen LogP contribution in [-0.2, 0) is 9.53 Å². The molecule has 2 aromatic rings. The molecule has 0 fully saturated rings. The van der Waals surface area contributed by atoms with E-state index < -0.39 is 5.97 Å². The molecule has 0 bridgehead atoms. The summed E-state index contributed by atoms with van der Waals surface area (Å²) in [6, 6.07) is 17.2. The number of nitrogens with zero attached hydrogens (tertiary/aromatic N) is 1. The van der Waals surface area contributed by atoms with Crippen LogP contribution in [0.2, 0.25) is 0 Å². The largest absolute Gasteiger partial charge is 0.496 e. The Hall–Kier alpha value is -3.14. The fraction of sp³-hybridized carbons (Fsp3) is 0.0526. The van der Waals surface area contributed by atoms with E-state index in [1.165, 1.54) is 0 Å². The summed E-state index contributed by atoms with van der Waals surface area (Å²) in [5, 5.41) is 0. The molecule has 3 rings (SSSR count). The molecule has 4 heteroatoms. The van der Waals surface area contributed by atoms with E-state index in [2.05, 4.69) is 4.99 Å². The first kappa shape index (κ1) is 14.8. The molecule has 0 saturated heterocycles. The number of carbonyl (C=O) groups excluding carboxylic acids is 1. The number of aliphatic imine (C=N–C) groups is 1. The van der Waals surface area contributed by atoms with Gasteiger partial charge in [0.2, 0.25) is 5.90 Å². The highest BCUT2D eigenvalue weighted by molar-refractivity contribution is 6.11. The summed E-state index contributed by atoms with van der Waals surface area (Å²) in [4.78, 5) is 16.1. The highest BCUT2D eigenvalue weighted by atomic mass is 16.6. The predicted molar refractivity (Wildman–Crippen MR) is 90.0 cm³/mol. The number of benzene rings is 2. The molecular weight excluding hydrogens is 290 g/mol. The lowest BCUT2D eigenvalue weighted by atomic mass is 10.1. The number of para-hydroxylation sites is 1. The number of ether oxygens (including phenoxy) is 2. The minimum absolute atomic E-state index is 0.252. The summed E-state index contributed by atoms with van der Waals surface area (Å²) < 4.78 is 10.4. The average molecular weight is 305 g/mol. The van der Waals surface area contributed by atoms with Crippen LogP contribution in [0.4, 0.5) is 0 Å². The Morgan fingerprint density at radius 2 is 1.74 bits per heavy atom. The van der Waals surface area contributed by atoms with Gasteiger partial charge in [-0.1, -0.05) is 48.5 Å². The zero-order chi connectivity index (χ0) is 16.1. The van der Waals surface area contributed by atoms with Gasteiger partial charge >= 0.3 is 5.97 Å². The van der Waals surface area contributed by atoms with Gasteiger partial charge in [-0.15, -0.1) is 0 Å². The first-order chi connectivity index (χ1) is 11.3. The number of cyclic esters (lactones) is 1. The SMILES string of the molecule is COc1ccccc1/C=C1N=C(/C=C/c2ccccc2)OC/1=O. The summed E-state index contributed by atoms with van der Waals surface area (Å²) in [5.74, 6) is 0.486. The quantitative estimate of drug-likeness (QED) is 0.639. The molecular formula is C19H15NO3. The lowest BCUT2D eigenvalue weighted by molar-refractivity contribution is -0.129. The van der Waals surface area contributed by atoms with E-state index in [1.54, 1.807) is 19.3 Å². The third-order valence-corrected chi connectivity index (χ3v) is 3.29. The highest BCUT2D eigenvalue weighted by Gasteiger charge is 2.21. The Kier molecular flexibility index (Phi) is 4.34. The second kappa shape index (κ2) is 6.75. The molecule has 0 atom stereocenters. The molecule has 2 aromatic carbocycles. The molecule has 1 heterocycles. The van der Waals surface area contributed by atoms with Gasteiger partial charge in [-0.05, 0) is 23.8 Å². The average Bonchev–Trinajstić information content (AvgIpc) is 2.94. The Morgan fingerprint density at radius 1 is 1.00 bits per heavy atom. The van der Waals surface area contributed by atoms with Crippen molar-refractivity contribution in [1.29, 1.82) is 0 Å². The molecule has 114 valence electrons. The summed E-state index contributed by atoms with van der Waals surface area (Å²) in [7, 11) is 1.58. The maximum absolute atomic E-state index is 11.9. The Bertz CT molecular complexity index is 804. The number of rotatable bonds is 4. The van der Waals surface area contributed by atoms with E-state index in [9.17, 15) is 4.79 Å². The van der Waals surface area contributed by atoms with Crippen molar-refractivity contribution in [2.45, 2.75) is 0 Å². The molecule has 4 nitrogen and oxygen atoms in total. The van der Waals surface area contributed by atoms with Crippen LogP contribution in [-0.4, -0.2) is 19.0 Å². The fourth-order valence-corrected chi connectivity index (χ4v) is 2.16. The number of hydrogen-bond acceptors (Lipinski definition) is 4. The number of carbonyl (C=O) groups is 1. The van der Waals surface area contributed by atoms with E-state index in [-0.39, 0.29) is 11.6 Å². The van der Waals surface area contributed by atoms with Crippen molar-refractivity contribution >= 4 is 24.0 Å². The Morgan fingerprint density at radius 3 is 2.52 bits per heavy atom. The summed E-state index contributed by atoms with van der Waals surface area (Å²) >= 11 is 0. The van der Waals surface area contributed by atoms with Crippen molar-refractivity contribution < 1.29 is 14.3 Å². The van der Waals surface area contributed by atoms with Gasteiger partial charge in [0.25, 0.3) is 0 Å². The summed E-state index contributed by atoms with van der Waals surface area (Å²) in [5.41, 5.74) is 2.04. The lowest BCUT2D eigenvalue weighted by Crippen LogP contribution is -2.01. The van der Waals surface area contributed by atoms with Gasteiger partial charge in [-0.2, -0.15) is 0 Å². The van der Waals surface area contributed by atoms with E-state index in [1.807, 2.05) is 60.7 Å². The van der Waals surface area contributed by atoms with E-state index in [4.69, 9.17) is 9.47 Å². The van der Waals surface area contributed by atoms with Gasteiger partial charge in [-0.25, -0.2) is 9.79 Å². The predicted octanol–water partition coefficient (Wildman–Crippen LogP) is 3.70. The number of hydrogen-bond donors (Lipinski definition) is 0. The maximum atomic E-state index is 11.9. The van der Waals surface area contributed by atoms with E-state index >= 15 is 0 Å². The van der Waals surface area contributed by atoms with Crippen LogP contribution in [0.1, 0.15) is 11.1 Å². The second-order valence-corrected chi connectivity index (χ2v) is 4.86. The fourth-order valence-electron chi connectivity index (χ4n) is 2.16. The highest BCUT2D eigenvalue weighted by Crippen LogP contribution is 2.23. The van der Waals surface area contributed by atoms with Crippen molar-refractivity contribution in [3.63, 3.8) is 0 Å². The van der Waals surface area contributed by atoms with Gasteiger partial charge in [0, 0.05) is 11.6 Å². The van der Waals surface area contributed by atoms with Gasteiger partial charge in [0.1, 0.15) is 5.75 Å². The molecule has 0 aliphatic carbocycles. The van der Waals surface area contributed by atoms with Gasteiger partial charge in [0.15, 0.2) is 5.70 Å². The number of esters is 1. The third kappa shape index (κ3) is 3.55. The minimum Gasteiger partial charge on any atom is -0.496 e. The molecule has 0 amide bonds. The van der Waals surface area contributed by atoms with Gasteiger partial charge in [0.05, 0.1) is 7.11 Å². The minimum atomic E-state index is -0.469. The molecule has 0 spiro atoms. The second-order valence-electron chi connectivity index (χ2n) is 4.86. The monoisotopic (exact) mass is 305 g/mol. The van der Waals surface area contributed by atoms with Crippen LogP contribution >= 0.6 is 0 Å². The van der Waals surface area contributed by atoms with Crippen LogP contribution in [0.3, 0.4) is 0 Å². The molecule has 1 aliphatic rings. The summed E-state index contributed by atoms with van der Waals surface area (Å²) in [6.07, 6.45) is 5.18. The van der Waals surface area contributed by atoms with Crippen molar-refractivity contribution in [3.05, 3.63) is 77.5 Å². The molecule has 0 N–H and O–H groups in total. The Balaban J connectivity index is 1.84. The normalized spacial score (nSPS) is 15.8. The standard InChI is InChI=1S/C19H15NO3/c1-22-17-10-6-5-9-15(17)13-16-19(21)23-18(20-16)12-11-14-7-3-2-4-8-14/h2-13H,1H3/b12-11+,16-13+. The number of methoxy groups -OCH3 is 1. The third-order valence-electron chi connectivity index (χ3n) is 3.29. The van der Waals surface area contributed by atoms with Crippen LogP contribution in [0, 0.1) is 0 Å². The van der Waals surface area contributed by atoms with Gasteiger partial charge in [-0.3, -0.25) is 0 Å². The smallest absolute Gasteiger partial charge is 0.363 e. The van der Waals surface area contributed by atoms with Crippen molar-refractivity contribution in [2.75, 3.05) is 7.11 Å². The first-order valence-electron chi connectivity index (χ1n) is 7.15. The molecule has 0 aromatic heterocycles. The van der Waals surface area contributed by atoms with Crippen LogP contribution < -0.4 is 4.74 Å². The maximum Gasteiger partial charge on any atom is 0.363 e. The van der Waals surface area contributed by atoms with Crippen LogP contribution in [0.25, 0.3) is 12.2 Å². The van der Waals surface area contributed by atoms with Crippen molar-refractivity contribution in [3.8, 4) is 5.75 Å². The molecule has 23 heavy (non-hydrogen) atoms. The zero-order valence-electron chi connectivity index (χ0n) is 12.6. The van der Waals surface area contributed by atoms with Gasteiger partial charge < -0.3 is 9.47 Å². The van der Waals surface area contributed by atoms with Crippen molar-refractivity contribution in [2.24, 2.45) is 4.99 Å². The molecule has 1 aliphatic heterocycles. The lowest BCUT2D eigenvalue weighted by Gasteiger charge is -2.03. The van der Waals surface area contributed by atoms with Crippen LogP contribution in [0.15, 0.2) is 71.4 Å². The van der Waals surface area contributed by atoms with E-state index in [0.717, 1.165) is 11.1 Å². The molecule has 0 saturated carbocycles.